The van der Waals surface area contributed by atoms with Crippen LogP contribution in [0, 0.1) is 0 Å². The van der Waals surface area contributed by atoms with E-state index in [0.29, 0.717) is 0 Å². The van der Waals surface area contributed by atoms with E-state index in [-0.39, 0.29) is 6.85 Å². The number of hydrogen-bond acceptors (Lipinski definition) is 1. The number of fused-ring (bicyclic) bond motifs is 14. The first-order valence-corrected chi connectivity index (χ1v) is 18.8. The molecule has 4 heterocycles. The summed E-state index contributed by atoms with van der Waals surface area (Å²) in [6.45, 7) is -0.0461. The normalized spacial score (nSPS) is 13.1. The molecule has 0 N–H and O–H groups in total. The summed E-state index contributed by atoms with van der Waals surface area (Å²) in [5.74, 6) is 0. The first kappa shape index (κ1) is 28.5. The number of aromatic nitrogens is 2. The Hall–Kier alpha value is -7.04. The van der Waals surface area contributed by atoms with Crippen molar-refractivity contribution in [3.8, 4) is 16.8 Å². The van der Waals surface area contributed by atoms with Crippen LogP contribution in [0.2, 0.25) is 0 Å². The van der Waals surface area contributed by atoms with Crippen LogP contribution in [0.5, 0.6) is 0 Å². The number of rotatable bonds is 2. The molecule has 0 unspecified atom stereocenters. The quantitative estimate of drug-likeness (QED) is 0.165. The van der Waals surface area contributed by atoms with E-state index in [0.717, 1.165) is 0 Å². The van der Waals surface area contributed by atoms with E-state index in [1.54, 1.807) is 0 Å². The average molecular weight is 684 g/mol. The Morgan fingerprint density at radius 1 is 0.407 bits per heavy atom. The number of anilines is 3. The lowest BCUT2D eigenvalue weighted by Gasteiger charge is -2.41. The molecule has 0 saturated carbocycles. The van der Waals surface area contributed by atoms with E-state index in [4.69, 9.17) is 0 Å². The minimum Gasteiger partial charge on any atom is -0.375 e. The molecule has 13 rings (SSSR count). The first-order valence-electron chi connectivity index (χ1n) is 18.8. The second kappa shape index (κ2) is 10.3. The molecule has 0 saturated heterocycles. The van der Waals surface area contributed by atoms with Crippen molar-refractivity contribution in [2.24, 2.45) is 0 Å². The summed E-state index contributed by atoms with van der Waals surface area (Å²) in [5.41, 5.74) is 15.1. The molecule has 0 amide bonds. The standard InChI is InChI=1S/C50H30BN3/c1-2-16-34(17-3-1)52-43-23-10-8-20-38(43)41-30-45-47-46(50(41)52)40-22-12-21-39-37-19-9-11-24-44(37)54(48(39)40)51(47)42-28-26-32-14-6-7-18-36(32)49(42)53(45)35-27-25-31-13-4-5-15-33(31)29-35/h1-30H. The number of hydrogen-bond donors (Lipinski definition) is 0. The van der Waals surface area contributed by atoms with Crippen molar-refractivity contribution in [1.82, 2.24) is 9.05 Å². The molecule has 2 aromatic heterocycles. The molecule has 4 heteroatoms. The Bertz CT molecular complexity index is 3410. The summed E-state index contributed by atoms with van der Waals surface area (Å²) >= 11 is 0. The third-order valence-electron chi connectivity index (χ3n) is 12.2. The zero-order valence-electron chi connectivity index (χ0n) is 29.2. The fourth-order valence-corrected chi connectivity index (χ4v) is 10.1. The molecule has 248 valence electrons. The van der Waals surface area contributed by atoms with Crippen molar-refractivity contribution in [3.63, 3.8) is 0 Å². The molecule has 0 bridgehead atoms. The van der Waals surface area contributed by atoms with Crippen LogP contribution >= 0.6 is 0 Å². The minimum absolute atomic E-state index is 0.0461. The SMILES string of the molecule is c1ccc(-n2c3ccccc3c3cc4c5c(c32)-c2cccc3c6ccccc6n(c23)B5c2ccc3ccccc3c2N4c2ccc3ccccc3c2)cc1. The topological polar surface area (TPSA) is 13.1 Å². The zero-order chi connectivity index (χ0) is 35.1. The van der Waals surface area contributed by atoms with Crippen LogP contribution in [-0.2, 0) is 0 Å². The van der Waals surface area contributed by atoms with Gasteiger partial charge in [-0.25, -0.2) is 0 Å². The molecule has 2 aliphatic rings. The van der Waals surface area contributed by atoms with Crippen molar-refractivity contribution in [2.75, 3.05) is 4.90 Å². The third kappa shape index (κ3) is 3.53. The van der Waals surface area contributed by atoms with Crippen LogP contribution < -0.4 is 15.8 Å². The monoisotopic (exact) mass is 683 g/mol. The summed E-state index contributed by atoms with van der Waals surface area (Å²) in [4.78, 5) is 2.59. The highest BCUT2D eigenvalue weighted by atomic mass is 15.2. The molecule has 2 aliphatic heterocycles. The molecule has 0 atom stereocenters. The Balaban J connectivity index is 1.30. The maximum atomic E-state index is 2.67. The maximum Gasteiger partial charge on any atom is 0.333 e. The van der Waals surface area contributed by atoms with Crippen LogP contribution in [0.25, 0.3) is 82.0 Å². The summed E-state index contributed by atoms with van der Waals surface area (Å²) in [7, 11) is 0. The van der Waals surface area contributed by atoms with Gasteiger partial charge >= 0.3 is 6.85 Å². The van der Waals surface area contributed by atoms with E-state index in [1.807, 2.05) is 0 Å². The van der Waals surface area contributed by atoms with E-state index >= 15 is 0 Å². The van der Waals surface area contributed by atoms with Gasteiger partial charge in [-0.05, 0) is 69.5 Å². The predicted octanol–water partition coefficient (Wildman–Crippen LogP) is 11.6. The van der Waals surface area contributed by atoms with Crippen molar-refractivity contribution in [3.05, 3.63) is 182 Å². The van der Waals surface area contributed by atoms with Gasteiger partial charge in [-0.2, -0.15) is 0 Å². The van der Waals surface area contributed by atoms with E-state index < -0.39 is 0 Å². The second-order valence-corrected chi connectivity index (χ2v) is 14.9. The van der Waals surface area contributed by atoms with Gasteiger partial charge in [0.15, 0.2) is 0 Å². The van der Waals surface area contributed by atoms with Gasteiger partial charge in [-0.3, -0.25) is 0 Å². The summed E-state index contributed by atoms with van der Waals surface area (Å²) in [6.07, 6.45) is 0. The smallest absolute Gasteiger partial charge is 0.333 e. The fraction of sp³-hybridized carbons (Fsp3) is 0. The van der Waals surface area contributed by atoms with Crippen LogP contribution in [0.1, 0.15) is 0 Å². The van der Waals surface area contributed by atoms with Gasteiger partial charge in [-0.15, -0.1) is 0 Å². The highest BCUT2D eigenvalue weighted by molar-refractivity contribution is 6.90. The number of para-hydroxylation sites is 4. The largest absolute Gasteiger partial charge is 0.375 e. The Kier molecular flexibility index (Phi) is 5.45. The Labute approximate surface area is 311 Å². The molecule has 54 heavy (non-hydrogen) atoms. The lowest BCUT2D eigenvalue weighted by molar-refractivity contribution is 1.18. The molecule has 11 aromatic rings. The highest BCUT2D eigenvalue weighted by Gasteiger charge is 2.44. The molecule has 9 aromatic carbocycles. The van der Waals surface area contributed by atoms with Crippen molar-refractivity contribution < 1.29 is 0 Å². The highest BCUT2D eigenvalue weighted by Crippen LogP contribution is 2.51. The summed E-state index contributed by atoms with van der Waals surface area (Å²) in [6, 6.07) is 67.7. The van der Waals surface area contributed by atoms with Crippen LogP contribution in [-0.4, -0.2) is 15.9 Å². The van der Waals surface area contributed by atoms with E-state index in [9.17, 15) is 0 Å². The molecular formula is C50H30BN3. The van der Waals surface area contributed by atoms with Gasteiger partial charge in [-0.1, -0.05) is 140 Å². The van der Waals surface area contributed by atoms with Gasteiger partial charge in [0.25, 0.3) is 0 Å². The molecule has 0 spiro atoms. The molecular weight excluding hydrogens is 653 g/mol. The number of nitrogens with zero attached hydrogens (tertiary/aromatic N) is 3. The third-order valence-corrected chi connectivity index (χ3v) is 12.2. The van der Waals surface area contributed by atoms with Crippen molar-refractivity contribution in [1.29, 1.82) is 0 Å². The Morgan fingerprint density at radius 2 is 1.07 bits per heavy atom. The van der Waals surface area contributed by atoms with Gasteiger partial charge in [0.05, 0.1) is 16.7 Å². The van der Waals surface area contributed by atoms with E-state index in [2.05, 4.69) is 196 Å². The van der Waals surface area contributed by atoms with Crippen LogP contribution in [0.15, 0.2) is 182 Å². The molecule has 0 radical (unpaired) electrons. The van der Waals surface area contributed by atoms with E-state index in [1.165, 1.54) is 110 Å². The molecule has 0 aliphatic carbocycles. The summed E-state index contributed by atoms with van der Waals surface area (Å²) < 4.78 is 5.18. The maximum absolute atomic E-state index is 2.67. The second-order valence-electron chi connectivity index (χ2n) is 14.9. The lowest BCUT2D eigenvalue weighted by Crippen LogP contribution is -2.56. The zero-order valence-corrected chi connectivity index (χ0v) is 29.2. The van der Waals surface area contributed by atoms with Gasteiger partial charge in [0, 0.05) is 66.2 Å². The average Bonchev–Trinajstić information content (AvgIpc) is 3.75. The van der Waals surface area contributed by atoms with Crippen molar-refractivity contribution >= 4 is 100.0 Å². The van der Waals surface area contributed by atoms with Crippen LogP contribution in [0.4, 0.5) is 17.1 Å². The van der Waals surface area contributed by atoms with Gasteiger partial charge in [0.1, 0.15) is 0 Å². The fourth-order valence-electron chi connectivity index (χ4n) is 10.1. The van der Waals surface area contributed by atoms with Crippen molar-refractivity contribution in [2.45, 2.75) is 0 Å². The number of benzene rings is 9. The minimum atomic E-state index is -0.0461. The first-order chi connectivity index (χ1) is 26.8. The van der Waals surface area contributed by atoms with Crippen LogP contribution in [0.3, 0.4) is 0 Å². The molecule has 0 fully saturated rings. The van der Waals surface area contributed by atoms with Gasteiger partial charge in [0.2, 0.25) is 0 Å². The molecule has 3 nitrogen and oxygen atoms in total. The lowest BCUT2D eigenvalue weighted by atomic mass is 9.44. The van der Waals surface area contributed by atoms with Gasteiger partial charge < -0.3 is 13.9 Å². The predicted molar refractivity (Wildman–Crippen MR) is 229 cm³/mol. The summed E-state index contributed by atoms with van der Waals surface area (Å²) in [5, 5.41) is 10.1. The Morgan fingerprint density at radius 3 is 1.93 bits per heavy atom.